The van der Waals surface area contributed by atoms with Gasteiger partial charge in [0.25, 0.3) is 0 Å². The summed E-state index contributed by atoms with van der Waals surface area (Å²) >= 11 is 0. The van der Waals surface area contributed by atoms with E-state index in [1.165, 1.54) is 6.42 Å². The van der Waals surface area contributed by atoms with Crippen LogP contribution < -0.4 is 5.73 Å². The molecule has 2 N–H and O–H groups in total. The third-order valence-electron chi connectivity index (χ3n) is 4.31. The monoisotopic (exact) mass is 268 g/mol. The standard InChI is InChI=1S/C16H32N2O/c1-12(2)11-14(17)15(19)18-9-6-7-13(8-10-18)16(3,4)5/h12-14H,6-11,17H2,1-5H3/t13?,14-/m1/s1. The Balaban J connectivity index is 2.55. The topological polar surface area (TPSA) is 46.3 Å². The molecule has 0 aliphatic carbocycles. The smallest absolute Gasteiger partial charge is 0.239 e. The predicted octanol–water partition coefficient (Wildman–Crippen LogP) is 3.03. The average molecular weight is 268 g/mol. The molecule has 0 saturated carbocycles. The molecule has 3 nitrogen and oxygen atoms in total. The van der Waals surface area contributed by atoms with Crippen LogP contribution in [0.4, 0.5) is 0 Å². The lowest BCUT2D eigenvalue weighted by Gasteiger charge is -2.30. The molecular formula is C16H32N2O. The minimum atomic E-state index is -0.314. The predicted molar refractivity (Wildman–Crippen MR) is 80.8 cm³/mol. The van der Waals surface area contributed by atoms with Crippen molar-refractivity contribution in [1.82, 2.24) is 4.90 Å². The largest absolute Gasteiger partial charge is 0.341 e. The third kappa shape index (κ3) is 5.13. The van der Waals surface area contributed by atoms with E-state index < -0.39 is 0 Å². The highest BCUT2D eigenvalue weighted by molar-refractivity contribution is 5.81. The van der Waals surface area contributed by atoms with E-state index in [4.69, 9.17) is 5.73 Å². The molecule has 0 bridgehead atoms. The first-order valence-electron chi connectivity index (χ1n) is 7.76. The van der Waals surface area contributed by atoms with Crippen LogP contribution in [-0.4, -0.2) is 29.9 Å². The van der Waals surface area contributed by atoms with Gasteiger partial charge in [-0.05, 0) is 42.9 Å². The molecule has 0 radical (unpaired) electrons. The van der Waals surface area contributed by atoms with Gasteiger partial charge in [-0.15, -0.1) is 0 Å². The molecule has 1 amide bonds. The van der Waals surface area contributed by atoms with Gasteiger partial charge in [-0.1, -0.05) is 34.6 Å². The van der Waals surface area contributed by atoms with Crippen LogP contribution in [0.3, 0.4) is 0 Å². The van der Waals surface area contributed by atoms with Gasteiger partial charge in [0, 0.05) is 13.1 Å². The number of nitrogens with two attached hydrogens (primary N) is 1. The lowest BCUT2D eigenvalue weighted by Crippen LogP contribution is -2.44. The van der Waals surface area contributed by atoms with Crippen molar-refractivity contribution in [3.05, 3.63) is 0 Å². The second-order valence-electron chi connectivity index (χ2n) is 7.56. The van der Waals surface area contributed by atoms with Crippen LogP contribution in [0.2, 0.25) is 0 Å². The van der Waals surface area contributed by atoms with E-state index in [1.807, 2.05) is 4.90 Å². The number of rotatable bonds is 3. The Labute approximate surface area is 118 Å². The minimum absolute atomic E-state index is 0.156. The normalized spacial score (nSPS) is 23.3. The Morgan fingerprint density at radius 2 is 1.89 bits per heavy atom. The van der Waals surface area contributed by atoms with Gasteiger partial charge in [0.1, 0.15) is 0 Å². The van der Waals surface area contributed by atoms with E-state index in [-0.39, 0.29) is 11.9 Å². The van der Waals surface area contributed by atoms with Gasteiger partial charge < -0.3 is 10.6 Å². The summed E-state index contributed by atoms with van der Waals surface area (Å²) in [7, 11) is 0. The quantitative estimate of drug-likeness (QED) is 0.855. The molecule has 19 heavy (non-hydrogen) atoms. The second kappa shape index (κ2) is 6.74. The number of likely N-dealkylation sites (tertiary alicyclic amines) is 1. The fourth-order valence-electron chi connectivity index (χ4n) is 3.03. The highest BCUT2D eigenvalue weighted by Crippen LogP contribution is 2.34. The summed E-state index contributed by atoms with van der Waals surface area (Å²) < 4.78 is 0. The zero-order valence-corrected chi connectivity index (χ0v) is 13.4. The van der Waals surface area contributed by atoms with Crippen LogP contribution in [0.1, 0.15) is 60.3 Å². The van der Waals surface area contributed by atoms with E-state index >= 15 is 0 Å². The molecule has 1 aliphatic rings. The van der Waals surface area contributed by atoms with Crippen molar-refractivity contribution in [2.75, 3.05) is 13.1 Å². The highest BCUT2D eigenvalue weighted by atomic mass is 16.2. The number of amides is 1. The van der Waals surface area contributed by atoms with Crippen molar-refractivity contribution < 1.29 is 4.79 Å². The van der Waals surface area contributed by atoms with Crippen LogP contribution in [0.25, 0.3) is 0 Å². The average Bonchev–Trinajstić information content (AvgIpc) is 2.51. The maximum atomic E-state index is 12.3. The van der Waals surface area contributed by atoms with Crippen molar-refractivity contribution in [3.63, 3.8) is 0 Å². The van der Waals surface area contributed by atoms with E-state index in [0.717, 1.165) is 32.4 Å². The van der Waals surface area contributed by atoms with E-state index in [9.17, 15) is 4.79 Å². The molecule has 1 rings (SSSR count). The summed E-state index contributed by atoms with van der Waals surface area (Å²) in [5.74, 6) is 1.35. The van der Waals surface area contributed by atoms with Gasteiger partial charge in [-0.3, -0.25) is 4.79 Å². The van der Waals surface area contributed by atoms with Crippen LogP contribution >= 0.6 is 0 Å². The zero-order chi connectivity index (χ0) is 14.6. The summed E-state index contributed by atoms with van der Waals surface area (Å²) in [6.07, 6.45) is 4.25. The first kappa shape index (κ1) is 16.5. The van der Waals surface area contributed by atoms with Crippen molar-refractivity contribution >= 4 is 5.91 Å². The molecule has 1 unspecified atom stereocenters. The molecule has 3 heteroatoms. The number of carbonyl (C=O) groups excluding carboxylic acids is 1. The third-order valence-corrected chi connectivity index (χ3v) is 4.31. The van der Waals surface area contributed by atoms with E-state index in [1.54, 1.807) is 0 Å². The molecule has 1 aliphatic heterocycles. The van der Waals surface area contributed by atoms with Crippen LogP contribution in [0.15, 0.2) is 0 Å². The summed E-state index contributed by atoms with van der Waals surface area (Å²) in [5, 5.41) is 0. The van der Waals surface area contributed by atoms with Crippen molar-refractivity contribution in [3.8, 4) is 0 Å². The molecule has 0 aromatic carbocycles. The molecule has 112 valence electrons. The molecule has 0 aromatic rings. The van der Waals surface area contributed by atoms with Gasteiger partial charge in [0.2, 0.25) is 5.91 Å². The Kier molecular flexibility index (Phi) is 5.84. The Morgan fingerprint density at radius 1 is 1.26 bits per heavy atom. The molecule has 1 fully saturated rings. The molecule has 0 spiro atoms. The fourth-order valence-corrected chi connectivity index (χ4v) is 3.03. The Hall–Kier alpha value is -0.570. The van der Waals surface area contributed by atoms with Gasteiger partial charge in [0.15, 0.2) is 0 Å². The van der Waals surface area contributed by atoms with Gasteiger partial charge in [0.05, 0.1) is 6.04 Å². The summed E-state index contributed by atoms with van der Waals surface area (Å²) in [6, 6.07) is -0.314. The van der Waals surface area contributed by atoms with E-state index in [2.05, 4.69) is 34.6 Å². The summed E-state index contributed by atoms with van der Waals surface area (Å²) in [5.41, 5.74) is 6.38. The second-order valence-corrected chi connectivity index (χ2v) is 7.56. The van der Waals surface area contributed by atoms with Crippen molar-refractivity contribution in [1.29, 1.82) is 0 Å². The lowest BCUT2D eigenvalue weighted by atomic mass is 9.77. The molecule has 1 heterocycles. The van der Waals surface area contributed by atoms with Crippen LogP contribution in [-0.2, 0) is 4.79 Å². The molecular weight excluding hydrogens is 236 g/mol. The maximum absolute atomic E-state index is 12.3. The van der Waals surface area contributed by atoms with Gasteiger partial charge >= 0.3 is 0 Å². The molecule has 1 saturated heterocycles. The SMILES string of the molecule is CC(C)C[C@@H](N)C(=O)N1CCCC(C(C)(C)C)CC1. The van der Waals surface area contributed by atoms with E-state index in [0.29, 0.717) is 17.3 Å². The first-order chi connectivity index (χ1) is 8.71. The number of carbonyl (C=O) groups is 1. The fraction of sp³-hybridized carbons (Fsp3) is 0.938. The van der Waals surface area contributed by atoms with Gasteiger partial charge in [-0.2, -0.15) is 0 Å². The van der Waals surface area contributed by atoms with Crippen LogP contribution in [0.5, 0.6) is 0 Å². The zero-order valence-electron chi connectivity index (χ0n) is 13.4. The Bertz CT molecular complexity index is 294. The van der Waals surface area contributed by atoms with Gasteiger partial charge in [-0.25, -0.2) is 0 Å². The number of hydrogen-bond acceptors (Lipinski definition) is 2. The summed E-state index contributed by atoms with van der Waals surface area (Å²) in [4.78, 5) is 14.3. The van der Waals surface area contributed by atoms with Crippen LogP contribution in [0, 0.1) is 17.3 Å². The summed E-state index contributed by atoms with van der Waals surface area (Å²) in [6.45, 7) is 12.9. The first-order valence-corrected chi connectivity index (χ1v) is 7.76. The number of nitrogens with zero attached hydrogens (tertiary/aromatic N) is 1. The number of hydrogen-bond donors (Lipinski definition) is 1. The Morgan fingerprint density at radius 3 is 2.42 bits per heavy atom. The lowest BCUT2D eigenvalue weighted by molar-refractivity contribution is -0.133. The molecule has 0 aromatic heterocycles. The minimum Gasteiger partial charge on any atom is -0.341 e. The maximum Gasteiger partial charge on any atom is 0.239 e. The van der Waals surface area contributed by atoms with Crippen molar-refractivity contribution in [2.45, 2.75) is 66.3 Å². The molecule has 2 atom stereocenters. The van der Waals surface area contributed by atoms with Crippen molar-refractivity contribution in [2.24, 2.45) is 23.0 Å². The highest BCUT2D eigenvalue weighted by Gasteiger charge is 2.29.